The number of hydrogen-bond acceptors (Lipinski definition) is 5. The topological polar surface area (TPSA) is 105 Å². The fourth-order valence-electron chi connectivity index (χ4n) is 2.29. The molecule has 1 atom stereocenters. The Bertz CT molecular complexity index is 701. The first-order valence-electron chi connectivity index (χ1n) is 7.91. The van der Waals surface area contributed by atoms with E-state index in [1.165, 1.54) is 0 Å². The largest absolute Gasteiger partial charge is 0.454 e. The van der Waals surface area contributed by atoms with Crippen molar-refractivity contribution >= 4 is 29.5 Å². The lowest BCUT2D eigenvalue weighted by Crippen LogP contribution is -2.43. The Labute approximate surface area is 145 Å². The smallest absolute Gasteiger partial charge is 0.326 e. The molecule has 8 heteroatoms. The van der Waals surface area contributed by atoms with Crippen LogP contribution in [0.2, 0.25) is 0 Å². The van der Waals surface area contributed by atoms with Crippen LogP contribution in [-0.2, 0) is 19.1 Å². The summed E-state index contributed by atoms with van der Waals surface area (Å²) in [6, 6.07) is 6.49. The Morgan fingerprint density at radius 2 is 1.88 bits per heavy atom. The summed E-state index contributed by atoms with van der Waals surface area (Å²) in [5.74, 6) is -1.82. The maximum atomic E-state index is 12.2. The molecule has 0 aliphatic carbocycles. The molecular weight excluding hydrogens is 326 g/mol. The molecule has 1 aliphatic rings. The maximum Gasteiger partial charge on any atom is 0.326 e. The van der Waals surface area contributed by atoms with Gasteiger partial charge < -0.3 is 15.4 Å². The molecule has 1 saturated heterocycles. The fourth-order valence-corrected chi connectivity index (χ4v) is 2.29. The lowest BCUT2D eigenvalue weighted by molar-refractivity contribution is -0.150. The molecule has 2 rings (SSSR count). The van der Waals surface area contributed by atoms with Gasteiger partial charge >= 0.3 is 12.0 Å². The number of hydrogen-bond donors (Lipinski definition) is 2. The zero-order chi connectivity index (χ0) is 18.6. The van der Waals surface area contributed by atoms with E-state index in [0.717, 1.165) is 10.5 Å². The van der Waals surface area contributed by atoms with E-state index in [0.29, 0.717) is 12.1 Å². The molecule has 0 unspecified atom stereocenters. The lowest BCUT2D eigenvalue weighted by Gasteiger charge is -2.18. The highest BCUT2D eigenvalue weighted by Gasteiger charge is 2.47. The highest BCUT2D eigenvalue weighted by Crippen LogP contribution is 2.20. The van der Waals surface area contributed by atoms with Crippen LogP contribution in [0.15, 0.2) is 24.3 Å². The van der Waals surface area contributed by atoms with E-state index in [1.54, 1.807) is 26.0 Å². The molecule has 4 amide bonds. The summed E-state index contributed by atoms with van der Waals surface area (Å²) in [7, 11) is 0. The minimum atomic E-state index is -1.01. The van der Waals surface area contributed by atoms with E-state index in [4.69, 9.17) is 4.74 Å². The summed E-state index contributed by atoms with van der Waals surface area (Å²) in [5.41, 5.74) is 0.622. The molecule has 1 aromatic carbocycles. The third-order valence-corrected chi connectivity index (χ3v) is 4.04. The van der Waals surface area contributed by atoms with Gasteiger partial charge in [-0.2, -0.15) is 0 Å². The number of anilines is 1. The summed E-state index contributed by atoms with van der Waals surface area (Å²) < 4.78 is 4.84. The second kappa shape index (κ2) is 7.33. The number of nitrogens with one attached hydrogen (secondary N) is 2. The van der Waals surface area contributed by atoms with Gasteiger partial charge in [0.2, 0.25) is 0 Å². The van der Waals surface area contributed by atoms with Gasteiger partial charge in [0.05, 0.1) is 0 Å². The average Bonchev–Trinajstić information content (AvgIpc) is 2.79. The number of benzene rings is 1. The first-order valence-corrected chi connectivity index (χ1v) is 7.91. The Balaban J connectivity index is 1.82. The van der Waals surface area contributed by atoms with Crippen LogP contribution < -0.4 is 10.6 Å². The van der Waals surface area contributed by atoms with Gasteiger partial charge in [0.1, 0.15) is 12.1 Å². The van der Waals surface area contributed by atoms with Crippen LogP contribution in [0.3, 0.4) is 0 Å². The third-order valence-electron chi connectivity index (χ3n) is 4.04. The first-order chi connectivity index (χ1) is 11.7. The summed E-state index contributed by atoms with van der Waals surface area (Å²) in [4.78, 5) is 48.4. The SMILES string of the molecule is CC[C@@]1(C)NC(=O)N(CC(=O)OCC(=O)Nc2ccc(C)cc2)C1=O. The van der Waals surface area contributed by atoms with Crippen LogP contribution in [0.1, 0.15) is 25.8 Å². The maximum absolute atomic E-state index is 12.2. The van der Waals surface area contributed by atoms with Crippen molar-refractivity contribution in [2.24, 2.45) is 0 Å². The number of aryl methyl sites for hydroxylation is 1. The molecule has 1 aromatic rings. The van der Waals surface area contributed by atoms with Crippen molar-refractivity contribution in [3.8, 4) is 0 Å². The Morgan fingerprint density at radius 3 is 2.44 bits per heavy atom. The summed E-state index contributed by atoms with van der Waals surface area (Å²) in [6.07, 6.45) is 0.405. The molecular formula is C17H21N3O5. The lowest BCUT2D eigenvalue weighted by atomic mass is 9.99. The molecule has 1 heterocycles. The third kappa shape index (κ3) is 4.34. The van der Waals surface area contributed by atoms with E-state index in [2.05, 4.69) is 10.6 Å². The number of imide groups is 1. The molecule has 2 N–H and O–H groups in total. The Hall–Kier alpha value is -2.90. The number of nitrogens with zero attached hydrogens (tertiary/aromatic N) is 1. The molecule has 8 nitrogen and oxygen atoms in total. The van der Waals surface area contributed by atoms with Crippen molar-refractivity contribution in [3.05, 3.63) is 29.8 Å². The van der Waals surface area contributed by atoms with Gasteiger partial charge in [0.15, 0.2) is 6.61 Å². The number of urea groups is 1. The van der Waals surface area contributed by atoms with Crippen molar-refractivity contribution in [1.29, 1.82) is 0 Å². The van der Waals surface area contributed by atoms with Crippen molar-refractivity contribution in [2.75, 3.05) is 18.5 Å². The molecule has 0 radical (unpaired) electrons. The fraction of sp³-hybridized carbons (Fsp3) is 0.412. The molecule has 0 bridgehead atoms. The van der Waals surface area contributed by atoms with Crippen LogP contribution in [0.4, 0.5) is 10.5 Å². The van der Waals surface area contributed by atoms with Gasteiger partial charge in [-0.3, -0.25) is 19.3 Å². The molecule has 134 valence electrons. The van der Waals surface area contributed by atoms with Gasteiger partial charge in [-0.1, -0.05) is 24.6 Å². The molecule has 0 aromatic heterocycles. The first kappa shape index (κ1) is 18.4. The average molecular weight is 347 g/mol. The predicted molar refractivity (Wildman–Crippen MR) is 89.7 cm³/mol. The normalized spacial score (nSPS) is 19.6. The number of carbonyl (C=O) groups is 4. The number of carbonyl (C=O) groups excluding carboxylic acids is 4. The highest BCUT2D eigenvalue weighted by molar-refractivity contribution is 6.08. The standard InChI is InChI=1S/C17H21N3O5/c1-4-17(3)15(23)20(16(24)19-17)9-14(22)25-10-13(21)18-12-7-5-11(2)6-8-12/h5-8H,4,9-10H2,1-3H3,(H,18,21)(H,19,24)/t17-/m1/s1. The molecule has 25 heavy (non-hydrogen) atoms. The van der Waals surface area contributed by atoms with Crippen molar-refractivity contribution in [2.45, 2.75) is 32.7 Å². The second-order valence-corrected chi connectivity index (χ2v) is 6.08. The zero-order valence-corrected chi connectivity index (χ0v) is 14.4. The predicted octanol–water partition coefficient (Wildman–Crippen LogP) is 1.20. The van der Waals surface area contributed by atoms with Gasteiger partial charge in [0, 0.05) is 5.69 Å². The van der Waals surface area contributed by atoms with E-state index in [-0.39, 0.29) is 0 Å². The van der Waals surface area contributed by atoms with Crippen LogP contribution >= 0.6 is 0 Å². The highest BCUT2D eigenvalue weighted by atomic mass is 16.5. The van der Waals surface area contributed by atoms with Gasteiger partial charge in [-0.25, -0.2) is 4.79 Å². The summed E-state index contributed by atoms with van der Waals surface area (Å²) in [5, 5.41) is 5.12. The zero-order valence-electron chi connectivity index (χ0n) is 14.4. The van der Waals surface area contributed by atoms with E-state index in [9.17, 15) is 19.2 Å². The Kier molecular flexibility index (Phi) is 5.41. The van der Waals surface area contributed by atoms with E-state index >= 15 is 0 Å². The number of esters is 1. The molecule has 0 spiro atoms. The number of amides is 4. The van der Waals surface area contributed by atoms with Gasteiger partial charge in [-0.05, 0) is 32.4 Å². The van der Waals surface area contributed by atoms with Gasteiger partial charge in [0.25, 0.3) is 11.8 Å². The van der Waals surface area contributed by atoms with Crippen LogP contribution in [-0.4, -0.2) is 47.4 Å². The summed E-state index contributed by atoms with van der Waals surface area (Å²) in [6.45, 7) is 4.25. The van der Waals surface area contributed by atoms with E-state index < -0.39 is 42.5 Å². The van der Waals surface area contributed by atoms with Crippen molar-refractivity contribution in [1.82, 2.24) is 10.2 Å². The van der Waals surface area contributed by atoms with E-state index in [1.807, 2.05) is 19.1 Å². The molecule has 1 fully saturated rings. The van der Waals surface area contributed by atoms with Crippen LogP contribution in [0.25, 0.3) is 0 Å². The minimum absolute atomic E-state index is 0.405. The number of rotatable bonds is 6. The van der Waals surface area contributed by atoms with Crippen LogP contribution in [0, 0.1) is 6.92 Å². The summed E-state index contributed by atoms with van der Waals surface area (Å²) >= 11 is 0. The number of ether oxygens (including phenoxy) is 1. The molecule has 1 aliphatic heterocycles. The van der Waals surface area contributed by atoms with Crippen molar-refractivity contribution in [3.63, 3.8) is 0 Å². The quantitative estimate of drug-likeness (QED) is 0.594. The Morgan fingerprint density at radius 1 is 1.24 bits per heavy atom. The van der Waals surface area contributed by atoms with Crippen molar-refractivity contribution < 1.29 is 23.9 Å². The van der Waals surface area contributed by atoms with Gasteiger partial charge in [-0.15, -0.1) is 0 Å². The minimum Gasteiger partial charge on any atom is -0.454 e. The second-order valence-electron chi connectivity index (χ2n) is 6.08. The monoisotopic (exact) mass is 347 g/mol. The van der Waals surface area contributed by atoms with Crippen LogP contribution in [0.5, 0.6) is 0 Å². The molecule has 0 saturated carbocycles.